The van der Waals surface area contributed by atoms with E-state index in [4.69, 9.17) is 9.72 Å². The number of carbonyl (C=O) groups excluding carboxylic acids is 1. The zero-order chi connectivity index (χ0) is 21.6. The Hall–Kier alpha value is -2.77. The van der Waals surface area contributed by atoms with Crippen molar-refractivity contribution in [3.05, 3.63) is 83.7 Å². The number of carbonyl (C=O) groups is 1. The van der Waals surface area contributed by atoms with Crippen LogP contribution in [0.5, 0.6) is 0 Å². The number of ether oxygens (including phenoxy) is 1. The summed E-state index contributed by atoms with van der Waals surface area (Å²) in [7, 11) is 0. The number of hydrogen-bond acceptors (Lipinski definition) is 6. The summed E-state index contributed by atoms with van der Waals surface area (Å²) in [6, 6.07) is 19.0. The molecule has 0 spiro atoms. The van der Waals surface area contributed by atoms with Gasteiger partial charge in [-0.15, -0.1) is 11.8 Å². The molecule has 0 N–H and O–H groups in total. The molecule has 2 aromatic carbocycles. The van der Waals surface area contributed by atoms with Gasteiger partial charge in [0.05, 0.1) is 22.3 Å². The first-order chi connectivity index (χ1) is 15.2. The molecule has 0 atom stereocenters. The molecule has 7 heteroatoms. The van der Waals surface area contributed by atoms with Gasteiger partial charge < -0.3 is 4.74 Å². The van der Waals surface area contributed by atoms with Gasteiger partial charge in [-0.2, -0.15) is 0 Å². The number of benzene rings is 2. The van der Waals surface area contributed by atoms with Crippen molar-refractivity contribution in [2.24, 2.45) is 0 Å². The standard InChI is InChI=1S/C24H23N3O2S2/c1-3-30-22-13-14-25-20(17(22)2)15-31-24-26-19-11-7-8-12-21(19)27(24)16-29-23(28)18-9-5-4-6-10-18/h4-14H,3,15-16H2,1-2H3. The minimum Gasteiger partial charge on any atom is -0.440 e. The second kappa shape index (κ2) is 10.0. The summed E-state index contributed by atoms with van der Waals surface area (Å²) in [6.07, 6.45) is 1.87. The van der Waals surface area contributed by atoms with Crippen LogP contribution in [0.3, 0.4) is 0 Å². The number of esters is 1. The first kappa shape index (κ1) is 21.5. The molecule has 0 bridgehead atoms. The maximum Gasteiger partial charge on any atom is 0.339 e. The summed E-state index contributed by atoms with van der Waals surface area (Å²) in [4.78, 5) is 23.0. The lowest BCUT2D eigenvalue weighted by molar-refractivity contribution is 0.0365. The zero-order valence-electron chi connectivity index (χ0n) is 17.4. The van der Waals surface area contributed by atoms with E-state index < -0.39 is 0 Å². The summed E-state index contributed by atoms with van der Waals surface area (Å²) in [5, 5.41) is 0.803. The van der Waals surface area contributed by atoms with Gasteiger partial charge in [-0.3, -0.25) is 9.55 Å². The largest absolute Gasteiger partial charge is 0.440 e. The van der Waals surface area contributed by atoms with E-state index in [1.54, 1.807) is 23.9 Å². The van der Waals surface area contributed by atoms with Crippen LogP contribution in [0.25, 0.3) is 11.0 Å². The van der Waals surface area contributed by atoms with Crippen LogP contribution in [-0.2, 0) is 17.2 Å². The van der Waals surface area contributed by atoms with Crippen molar-refractivity contribution >= 4 is 40.5 Å². The highest BCUT2D eigenvalue weighted by Crippen LogP contribution is 2.30. The monoisotopic (exact) mass is 449 g/mol. The average Bonchev–Trinajstić information content (AvgIpc) is 3.16. The Labute approximate surface area is 190 Å². The van der Waals surface area contributed by atoms with E-state index in [0.29, 0.717) is 11.3 Å². The van der Waals surface area contributed by atoms with Gasteiger partial charge in [0.15, 0.2) is 11.9 Å². The molecule has 0 unspecified atom stereocenters. The minimum atomic E-state index is -0.351. The molecule has 0 aliphatic heterocycles. The number of hydrogen-bond donors (Lipinski definition) is 0. The van der Waals surface area contributed by atoms with E-state index in [-0.39, 0.29) is 12.7 Å². The number of pyridine rings is 1. The third kappa shape index (κ3) is 4.94. The molecular formula is C24H23N3O2S2. The topological polar surface area (TPSA) is 57.0 Å². The van der Waals surface area contributed by atoms with Gasteiger partial charge in [-0.05, 0) is 48.6 Å². The fourth-order valence-corrected chi connectivity index (χ4v) is 5.05. The number of para-hydroxylation sites is 2. The van der Waals surface area contributed by atoms with Crippen molar-refractivity contribution < 1.29 is 9.53 Å². The van der Waals surface area contributed by atoms with Gasteiger partial charge in [-0.1, -0.05) is 49.0 Å². The molecule has 0 saturated carbocycles. The Balaban J connectivity index is 1.55. The summed E-state index contributed by atoms with van der Waals surface area (Å²) in [6.45, 7) is 4.37. The van der Waals surface area contributed by atoms with E-state index in [1.807, 2.05) is 65.0 Å². The summed E-state index contributed by atoms with van der Waals surface area (Å²) >= 11 is 3.43. The number of aromatic nitrogens is 3. The molecule has 4 rings (SSSR count). The molecule has 0 aliphatic carbocycles. The van der Waals surface area contributed by atoms with Crippen molar-refractivity contribution in [2.45, 2.75) is 36.4 Å². The van der Waals surface area contributed by atoms with Gasteiger partial charge in [-0.25, -0.2) is 9.78 Å². The normalized spacial score (nSPS) is 11.0. The highest BCUT2D eigenvalue weighted by molar-refractivity contribution is 7.99. The second-order valence-corrected chi connectivity index (χ2v) is 9.09. The van der Waals surface area contributed by atoms with Crippen LogP contribution < -0.4 is 0 Å². The predicted octanol–water partition coefficient (Wildman–Crippen LogP) is 5.96. The molecule has 0 saturated heterocycles. The highest BCUT2D eigenvalue weighted by Gasteiger charge is 2.15. The zero-order valence-corrected chi connectivity index (χ0v) is 19.1. The van der Waals surface area contributed by atoms with Gasteiger partial charge >= 0.3 is 5.97 Å². The van der Waals surface area contributed by atoms with Gasteiger partial charge in [0, 0.05) is 16.8 Å². The first-order valence-electron chi connectivity index (χ1n) is 10.0. The molecule has 2 aromatic heterocycles. The SMILES string of the molecule is CCSc1ccnc(CSc2nc3ccccc3n2COC(=O)c2ccccc2)c1C. The Kier molecular flexibility index (Phi) is 6.94. The molecular weight excluding hydrogens is 426 g/mol. The van der Waals surface area contributed by atoms with Crippen molar-refractivity contribution in [1.82, 2.24) is 14.5 Å². The van der Waals surface area contributed by atoms with Crippen molar-refractivity contribution in [3.8, 4) is 0 Å². The molecule has 5 nitrogen and oxygen atoms in total. The van der Waals surface area contributed by atoms with Crippen LogP contribution >= 0.6 is 23.5 Å². The van der Waals surface area contributed by atoms with Crippen LogP contribution in [0.1, 0.15) is 28.5 Å². The van der Waals surface area contributed by atoms with Crippen molar-refractivity contribution in [3.63, 3.8) is 0 Å². The second-order valence-electron chi connectivity index (χ2n) is 6.84. The Morgan fingerprint density at radius 3 is 2.61 bits per heavy atom. The summed E-state index contributed by atoms with van der Waals surface area (Å²) < 4.78 is 7.55. The van der Waals surface area contributed by atoms with E-state index in [2.05, 4.69) is 24.9 Å². The van der Waals surface area contributed by atoms with Crippen molar-refractivity contribution in [2.75, 3.05) is 5.75 Å². The molecule has 0 radical (unpaired) electrons. The quantitative estimate of drug-likeness (QED) is 0.244. The lowest BCUT2D eigenvalue weighted by Crippen LogP contribution is -2.10. The predicted molar refractivity (Wildman–Crippen MR) is 127 cm³/mol. The average molecular weight is 450 g/mol. The molecule has 2 heterocycles. The van der Waals surface area contributed by atoms with E-state index in [0.717, 1.165) is 27.6 Å². The van der Waals surface area contributed by atoms with Crippen LogP contribution in [-0.4, -0.2) is 26.3 Å². The molecule has 4 aromatic rings. The van der Waals surface area contributed by atoms with Gasteiger partial charge in [0.2, 0.25) is 0 Å². The number of thioether (sulfide) groups is 2. The smallest absolute Gasteiger partial charge is 0.339 e. The number of imidazole rings is 1. The van der Waals surface area contributed by atoms with Crippen LogP contribution in [0.2, 0.25) is 0 Å². The lowest BCUT2D eigenvalue weighted by Gasteiger charge is -2.11. The fourth-order valence-electron chi connectivity index (χ4n) is 3.22. The molecule has 0 amide bonds. The van der Waals surface area contributed by atoms with Gasteiger partial charge in [0.1, 0.15) is 0 Å². The van der Waals surface area contributed by atoms with E-state index in [1.165, 1.54) is 10.5 Å². The van der Waals surface area contributed by atoms with Gasteiger partial charge in [0.25, 0.3) is 0 Å². The molecule has 0 fully saturated rings. The first-order valence-corrected chi connectivity index (χ1v) is 12.0. The Bertz CT molecular complexity index is 1190. The van der Waals surface area contributed by atoms with E-state index in [9.17, 15) is 4.79 Å². The van der Waals surface area contributed by atoms with Crippen LogP contribution in [0, 0.1) is 6.92 Å². The van der Waals surface area contributed by atoms with Crippen molar-refractivity contribution in [1.29, 1.82) is 0 Å². The summed E-state index contributed by atoms with van der Waals surface area (Å²) in [5.41, 5.74) is 4.60. The number of fused-ring (bicyclic) bond motifs is 1. The molecule has 158 valence electrons. The molecule has 31 heavy (non-hydrogen) atoms. The Morgan fingerprint density at radius 1 is 1.03 bits per heavy atom. The third-order valence-electron chi connectivity index (χ3n) is 4.85. The third-order valence-corrected chi connectivity index (χ3v) is 6.88. The van der Waals surface area contributed by atoms with E-state index >= 15 is 0 Å². The number of rotatable bonds is 8. The molecule has 0 aliphatic rings. The number of nitrogens with zero attached hydrogens (tertiary/aromatic N) is 3. The Morgan fingerprint density at radius 2 is 1.81 bits per heavy atom. The maximum atomic E-state index is 12.4. The van der Waals surface area contributed by atoms with Crippen LogP contribution in [0.4, 0.5) is 0 Å². The summed E-state index contributed by atoms with van der Waals surface area (Å²) in [5.74, 6) is 1.37. The highest BCUT2D eigenvalue weighted by atomic mass is 32.2. The minimum absolute atomic E-state index is 0.106. The van der Waals surface area contributed by atoms with Crippen LogP contribution in [0.15, 0.2) is 76.9 Å². The maximum absolute atomic E-state index is 12.4. The lowest BCUT2D eigenvalue weighted by atomic mass is 10.2. The fraction of sp³-hybridized carbons (Fsp3) is 0.208.